The number of amides is 2. The van der Waals surface area contributed by atoms with Gasteiger partial charge in [0.05, 0.1) is 5.69 Å². The van der Waals surface area contributed by atoms with Gasteiger partial charge in [-0.3, -0.25) is 4.79 Å². The van der Waals surface area contributed by atoms with E-state index in [2.05, 4.69) is 21.0 Å². The summed E-state index contributed by atoms with van der Waals surface area (Å²) in [6.45, 7) is 6.38. The van der Waals surface area contributed by atoms with Gasteiger partial charge in [0.15, 0.2) is 0 Å². The summed E-state index contributed by atoms with van der Waals surface area (Å²) in [4.78, 5) is 43.7. The van der Waals surface area contributed by atoms with Gasteiger partial charge in [0, 0.05) is 23.8 Å². The highest BCUT2D eigenvalue weighted by molar-refractivity contribution is 5.96. The molecule has 2 N–H and O–H groups in total. The molecule has 0 aromatic heterocycles. The van der Waals surface area contributed by atoms with Crippen LogP contribution in [0.15, 0.2) is 28.6 Å². The predicted molar refractivity (Wildman–Crippen MR) is 94.0 cm³/mol. The molecule has 0 aliphatic carbocycles. The second-order valence-electron chi connectivity index (χ2n) is 6.28. The lowest BCUT2D eigenvalue weighted by Gasteiger charge is -2.19. The van der Waals surface area contributed by atoms with Crippen molar-refractivity contribution in [1.82, 2.24) is 5.32 Å². The van der Waals surface area contributed by atoms with E-state index in [-0.39, 0.29) is 11.3 Å². The van der Waals surface area contributed by atoms with Crippen LogP contribution in [-0.2, 0) is 4.74 Å². The number of nitrogens with one attached hydrogen (secondary N) is 2. The van der Waals surface area contributed by atoms with Gasteiger partial charge in [0.25, 0.3) is 0 Å². The van der Waals surface area contributed by atoms with Crippen molar-refractivity contribution in [3.05, 3.63) is 33.6 Å². The SMILES string of the molecule is CC(C)(C)OC(=O)NCCCCNc1ccc(C(=O)N=O)cc1N=O. The lowest BCUT2D eigenvalue weighted by molar-refractivity contribution is 0.0527. The molecule has 0 aliphatic heterocycles. The van der Waals surface area contributed by atoms with Crippen LogP contribution < -0.4 is 10.6 Å². The Labute approximate surface area is 145 Å². The first-order valence-corrected chi connectivity index (χ1v) is 7.82. The van der Waals surface area contributed by atoms with Crippen molar-refractivity contribution >= 4 is 23.4 Å². The molecule has 0 aliphatic rings. The molecule has 0 bridgehead atoms. The predicted octanol–water partition coefficient (Wildman–Crippen LogP) is 3.71. The highest BCUT2D eigenvalue weighted by atomic mass is 16.6. The number of nitrogens with zero attached hydrogens (tertiary/aromatic N) is 2. The van der Waals surface area contributed by atoms with Gasteiger partial charge in [-0.05, 0) is 57.0 Å². The molecule has 0 saturated carbocycles. The van der Waals surface area contributed by atoms with Crippen LogP contribution in [-0.4, -0.2) is 30.7 Å². The zero-order valence-electron chi connectivity index (χ0n) is 14.5. The number of hydrogen-bond acceptors (Lipinski definition) is 7. The van der Waals surface area contributed by atoms with Crippen molar-refractivity contribution in [2.45, 2.75) is 39.2 Å². The molecule has 0 fully saturated rings. The van der Waals surface area contributed by atoms with E-state index in [1.54, 1.807) is 20.8 Å². The first-order valence-electron chi connectivity index (χ1n) is 7.82. The second kappa shape index (κ2) is 9.45. The third-order valence-corrected chi connectivity index (χ3v) is 3.01. The number of nitroso groups, excluding NO2 is 2. The summed E-state index contributed by atoms with van der Waals surface area (Å²) >= 11 is 0. The van der Waals surface area contributed by atoms with Gasteiger partial charge >= 0.3 is 12.0 Å². The molecule has 1 rings (SSSR count). The minimum atomic E-state index is -0.954. The van der Waals surface area contributed by atoms with Crippen LogP contribution in [0.25, 0.3) is 0 Å². The van der Waals surface area contributed by atoms with Gasteiger partial charge in [-0.15, -0.1) is 9.81 Å². The average Bonchev–Trinajstić information content (AvgIpc) is 2.55. The Kier molecular flexibility index (Phi) is 7.64. The van der Waals surface area contributed by atoms with Crippen molar-refractivity contribution in [3.8, 4) is 0 Å². The van der Waals surface area contributed by atoms with Crippen molar-refractivity contribution in [3.63, 3.8) is 0 Å². The van der Waals surface area contributed by atoms with E-state index in [0.29, 0.717) is 25.2 Å². The van der Waals surface area contributed by atoms with Crippen LogP contribution in [0.3, 0.4) is 0 Å². The molecular formula is C16H22N4O5. The van der Waals surface area contributed by atoms with Crippen molar-refractivity contribution in [2.75, 3.05) is 18.4 Å². The Morgan fingerprint density at radius 2 is 1.80 bits per heavy atom. The maximum Gasteiger partial charge on any atom is 0.407 e. The topological polar surface area (TPSA) is 126 Å². The maximum absolute atomic E-state index is 11.5. The number of alkyl carbamates (subject to hydrolysis) is 1. The van der Waals surface area contributed by atoms with Gasteiger partial charge in [0.1, 0.15) is 11.3 Å². The summed E-state index contributed by atoms with van der Waals surface area (Å²) in [5, 5.41) is 10.8. The smallest absolute Gasteiger partial charge is 0.407 e. The second-order valence-corrected chi connectivity index (χ2v) is 6.28. The van der Waals surface area contributed by atoms with Gasteiger partial charge in [-0.2, -0.15) is 0 Å². The summed E-state index contributed by atoms with van der Waals surface area (Å²) in [5.74, 6) is -0.954. The number of ether oxygens (including phenoxy) is 1. The van der Waals surface area contributed by atoms with E-state index in [1.807, 2.05) is 0 Å². The van der Waals surface area contributed by atoms with Crippen molar-refractivity contribution in [2.24, 2.45) is 10.4 Å². The summed E-state index contributed by atoms with van der Waals surface area (Å²) in [7, 11) is 0. The average molecular weight is 350 g/mol. The van der Waals surface area contributed by atoms with Crippen molar-refractivity contribution < 1.29 is 14.3 Å². The molecule has 2 amide bonds. The first-order chi connectivity index (χ1) is 11.8. The zero-order chi connectivity index (χ0) is 18.9. The van der Waals surface area contributed by atoms with Crippen LogP contribution in [0.4, 0.5) is 16.2 Å². The molecule has 9 heteroatoms. The van der Waals surface area contributed by atoms with Gasteiger partial charge in [-0.25, -0.2) is 4.79 Å². The van der Waals surface area contributed by atoms with E-state index in [1.165, 1.54) is 18.2 Å². The Morgan fingerprint density at radius 3 is 2.40 bits per heavy atom. The molecule has 0 unspecified atom stereocenters. The minimum absolute atomic E-state index is 0.0108. The molecule has 136 valence electrons. The van der Waals surface area contributed by atoms with E-state index < -0.39 is 17.6 Å². The number of carbonyl (C=O) groups is 2. The molecule has 0 heterocycles. The Hall–Kier alpha value is -2.84. The third-order valence-electron chi connectivity index (χ3n) is 3.01. The lowest BCUT2D eigenvalue weighted by atomic mass is 10.1. The van der Waals surface area contributed by atoms with Gasteiger partial charge < -0.3 is 15.4 Å². The molecule has 25 heavy (non-hydrogen) atoms. The quantitative estimate of drug-likeness (QED) is 0.543. The standard InChI is InChI=1S/C16H22N4O5/c1-16(2,3)25-15(22)18-9-5-4-8-17-12-7-6-11(14(21)20-24)10-13(12)19-23/h6-7,10,17H,4-5,8-9H2,1-3H3,(H,18,22). The fraction of sp³-hybridized carbons (Fsp3) is 0.500. The normalized spacial score (nSPS) is 10.7. The fourth-order valence-corrected chi connectivity index (χ4v) is 1.92. The van der Waals surface area contributed by atoms with Crippen molar-refractivity contribution in [1.29, 1.82) is 0 Å². The first kappa shape index (κ1) is 20.2. The summed E-state index contributed by atoms with van der Waals surface area (Å²) in [6, 6.07) is 4.10. The van der Waals surface area contributed by atoms with Gasteiger partial charge in [-0.1, -0.05) is 0 Å². The summed E-state index contributed by atoms with van der Waals surface area (Å²) < 4.78 is 5.11. The van der Waals surface area contributed by atoms with E-state index in [4.69, 9.17) is 4.74 Å². The van der Waals surface area contributed by atoms with Crippen LogP contribution in [0.2, 0.25) is 0 Å². The Morgan fingerprint density at radius 1 is 1.12 bits per heavy atom. The van der Waals surface area contributed by atoms with E-state index in [9.17, 15) is 19.4 Å². The van der Waals surface area contributed by atoms with Crippen LogP contribution in [0.1, 0.15) is 44.0 Å². The van der Waals surface area contributed by atoms with Gasteiger partial charge in [0.2, 0.25) is 0 Å². The molecule has 0 saturated heterocycles. The van der Waals surface area contributed by atoms with Crippen LogP contribution >= 0.6 is 0 Å². The Bertz CT molecular complexity index is 640. The number of rotatable bonds is 8. The maximum atomic E-state index is 11.5. The molecule has 1 aromatic carbocycles. The van der Waals surface area contributed by atoms with Crippen LogP contribution in [0, 0.1) is 9.81 Å². The zero-order valence-corrected chi connectivity index (χ0v) is 14.5. The highest BCUT2D eigenvalue weighted by Gasteiger charge is 2.15. The largest absolute Gasteiger partial charge is 0.444 e. The number of carbonyl (C=O) groups excluding carboxylic acids is 2. The fourth-order valence-electron chi connectivity index (χ4n) is 1.92. The number of benzene rings is 1. The molecular weight excluding hydrogens is 328 g/mol. The van der Waals surface area contributed by atoms with Crippen LogP contribution in [0.5, 0.6) is 0 Å². The Balaban J connectivity index is 2.37. The summed E-state index contributed by atoms with van der Waals surface area (Å²) in [5.41, 5.74) is -0.0350. The van der Waals surface area contributed by atoms with E-state index in [0.717, 1.165) is 6.42 Å². The third kappa shape index (κ3) is 7.51. The summed E-state index contributed by atoms with van der Waals surface area (Å²) in [6.07, 6.45) is 0.976. The number of hydrogen-bond donors (Lipinski definition) is 2. The van der Waals surface area contributed by atoms with E-state index >= 15 is 0 Å². The molecule has 0 radical (unpaired) electrons. The number of unbranched alkanes of at least 4 members (excludes halogenated alkanes) is 1. The minimum Gasteiger partial charge on any atom is -0.444 e. The molecule has 0 atom stereocenters. The highest BCUT2D eigenvalue weighted by Crippen LogP contribution is 2.26. The number of anilines is 1. The monoisotopic (exact) mass is 350 g/mol. The molecule has 1 aromatic rings. The molecule has 0 spiro atoms. The lowest BCUT2D eigenvalue weighted by Crippen LogP contribution is -2.33. The molecule has 9 nitrogen and oxygen atoms in total.